The van der Waals surface area contributed by atoms with Crippen LogP contribution in [0.1, 0.15) is 11.3 Å². The molecule has 0 aliphatic heterocycles. The lowest BCUT2D eigenvalue weighted by Gasteiger charge is -1.99. The Kier molecular flexibility index (Phi) is 2.93. The van der Waals surface area contributed by atoms with Crippen molar-refractivity contribution in [3.05, 3.63) is 53.9 Å². The molecular formula is C15H15N3O. The molecule has 3 aromatic rings. The highest BCUT2D eigenvalue weighted by Gasteiger charge is 2.08. The Morgan fingerprint density at radius 3 is 2.58 bits per heavy atom. The lowest BCUT2D eigenvalue weighted by atomic mass is 10.1. The van der Waals surface area contributed by atoms with Gasteiger partial charge in [-0.15, -0.1) is 0 Å². The minimum atomic E-state index is 0.551. The summed E-state index contributed by atoms with van der Waals surface area (Å²) in [6.07, 6.45) is 1.78. The molecule has 2 heterocycles. The zero-order chi connectivity index (χ0) is 13.2. The molecular weight excluding hydrogens is 238 g/mol. The molecule has 0 amide bonds. The number of hydrogen-bond acceptors (Lipinski definition) is 3. The van der Waals surface area contributed by atoms with Gasteiger partial charge in [-0.05, 0) is 24.6 Å². The minimum Gasteiger partial charge on any atom is -0.460 e. The Morgan fingerprint density at radius 2 is 1.95 bits per heavy atom. The number of aromatic nitrogens is 2. The molecule has 0 saturated heterocycles. The van der Waals surface area contributed by atoms with E-state index in [-0.39, 0.29) is 0 Å². The number of nitrogens with two attached hydrogens (primary N) is 1. The van der Waals surface area contributed by atoms with Crippen LogP contribution in [0.4, 0.5) is 0 Å². The van der Waals surface area contributed by atoms with E-state index in [1.165, 1.54) is 0 Å². The fourth-order valence-electron chi connectivity index (χ4n) is 1.97. The molecule has 3 rings (SSSR count). The predicted molar refractivity (Wildman–Crippen MR) is 74.4 cm³/mol. The molecule has 0 bridgehead atoms. The van der Waals surface area contributed by atoms with Crippen LogP contribution in [-0.4, -0.2) is 9.97 Å². The fraction of sp³-hybridized carbons (Fsp3) is 0.133. The first-order chi connectivity index (χ1) is 9.26. The van der Waals surface area contributed by atoms with Gasteiger partial charge in [0.25, 0.3) is 0 Å². The van der Waals surface area contributed by atoms with Gasteiger partial charge in [0.1, 0.15) is 17.3 Å². The Labute approximate surface area is 111 Å². The summed E-state index contributed by atoms with van der Waals surface area (Å²) < 4.78 is 5.57. The quantitative estimate of drug-likeness (QED) is 0.753. The molecule has 19 heavy (non-hydrogen) atoms. The average Bonchev–Trinajstić information content (AvgIpc) is 3.07. The van der Waals surface area contributed by atoms with Gasteiger partial charge < -0.3 is 15.1 Å². The molecule has 2 aromatic heterocycles. The largest absolute Gasteiger partial charge is 0.460 e. The van der Waals surface area contributed by atoms with E-state index in [0.717, 1.165) is 34.2 Å². The van der Waals surface area contributed by atoms with E-state index in [4.69, 9.17) is 10.2 Å². The Balaban J connectivity index is 1.91. The summed E-state index contributed by atoms with van der Waals surface area (Å²) >= 11 is 0. The van der Waals surface area contributed by atoms with Crippen molar-refractivity contribution in [3.8, 4) is 22.8 Å². The van der Waals surface area contributed by atoms with Crippen LogP contribution < -0.4 is 5.73 Å². The van der Waals surface area contributed by atoms with Gasteiger partial charge in [0.15, 0.2) is 5.76 Å². The highest BCUT2D eigenvalue weighted by Crippen LogP contribution is 2.23. The van der Waals surface area contributed by atoms with Gasteiger partial charge in [0.2, 0.25) is 0 Å². The molecule has 1 aromatic carbocycles. The highest BCUT2D eigenvalue weighted by molar-refractivity contribution is 5.61. The molecule has 0 atom stereocenters. The van der Waals surface area contributed by atoms with Gasteiger partial charge in [-0.2, -0.15) is 0 Å². The number of H-pyrrole nitrogens is 1. The summed E-state index contributed by atoms with van der Waals surface area (Å²) in [6.45, 7) is 2.47. The molecule has 0 radical (unpaired) electrons. The van der Waals surface area contributed by atoms with Crippen LogP contribution in [0, 0.1) is 6.92 Å². The third-order valence-corrected chi connectivity index (χ3v) is 3.04. The average molecular weight is 253 g/mol. The topological polar surface area (TPSA) is 67.8 Å². The summed E-state index contributed by atoms with van der Waals surface area (Å²) in [7, 11) is 0. The molecule has 0 aliphatic rings. The van der Waals surface area contributed by atoms with Crippen molar-refractivity contribution in [3.63, 3.8) is 0 Å². The molecule has 0 saturated carbocycles. The van der Waals surface area contributed by atoms with Gasteiger partial charge in [-0.25, -0.2) is 4.98 Å². The van der Waals surface area contributed by atoms with E-state index in [1.54, 1.807) is 6.20 Å². The number of nitrogens with zero attached hydrogens (tertiary/aromatic N) is 1. The van der Waals surface area contributed by atoms with Crippen LogP contribution in [0.2, 0.25) is 0 Å². The van der Waals surface area contributed by atoms with E-state index < -0.39 is 0 Å². The monoisotopic (exact) mass is 253 g/mol. The number of imidazole rings is 1. The smallest absolute Gasteiger partial charge is 0.152 e. The van der Waals surface area contributed by atoms with Gasteiger partial charge >= 0.3 is 0 Å². The maximum absolute atomic E-state index is 5.59. The Hall–Kier alpha value is -2.33. The fourth-order valence-corrected chi connectivity index (χ4v) is 1.97. The normalized spacial score (nSPS) is 10.8. The molecule has 0 spiro atoms. The summed E-state index contributed by atoms with van der Waals surface area (Å²) in [5.74, 6) is 2.51. The number of nitrogens with one attached hydrogen (secondary N) is 1. The number of rotatable bonds is 3. The number of aromatic amines is 1. The second-order valence-corrected chi connectivity index (χ2v) is 4.46. The Bertz CT molecular complexity index is 679. The van der Waals surface area contributed by atoms with Crippen LogP contribution in [0.3, 0.4) is 0 Å². The first kappa shape index (κ1) is 11.7. The standard InChI is InChI=1S/C15H15N3O/c1-10-2-7-14(19-10)13-9-17-15(18-13)12-5-3-11(8-16)4-6-12/h2-7,9H,8,16H2,1H3,(H,17,18). The van der Waals surface area contributed by atoms with Gasteiger partial charge in [0, 0.05) is 12.1 Å². The van der Waals surface area contributed by atoms with Crippen LogP contribution in [0.15, 0.2) is 47.0 Å². The van der Waals surface area contributed by atoms with Gasteiger partial charge in [-0.3, -0.25) is 0 Å². The van der Waals surface area contributed by atoms with E-state index in [2.05, 4.69) is 9.97 Å². The molecule has 96 valence electrons. The zero-order valence-electron chi connectivity index (χ0n) is 10.7. The van der Waals surface area contributed by atoms with E-state index >= 15 is 0 Å². The van der Waals surface area contributed by atoms with Crippen LogP contribution >= 0.6 is 0 Å². The highest BCUT2D eigenvalue weighted by atomic mass is 16.3. The summed E-state index contributed by atoms with van der Waals surface area (Å²) in [5, 5.41) is 0. The van der Waals surface area contributed by atoms with Gasteiger partial charge in [-0.1, -0.05) is 24.3 Å². The van der Waals surface area contributed by atoms with Crippen molar-refractivity contribution in [2.24, 2.45) is 5.73 Å². The molecule has 3 N–H and O–H groups in total. The maximum atomic E-state index is 5.59. The lowest BCUT2D eigenvalue weighted by Crippen LogP contribution is -1.95. The van der Waals surface area contributed by atoms with E-state index in [0.29, 0.717) is 6.54 Å². The van der Waals surface area contributed by atoms with E-state index in [1.807, 2.05) is 43.3 Å². The summed E-state index contributed by atoms with van der Waals surface area (Å²) in [4.78, 5) is 7.64. The number of aryl methyl sites for hydroxylation is 1. The van der Waals surface area contributed by atoms with Gasteiger partial charge in [0.05, 0.1) is 6.20 Å². The maximum Gasteiger partial charge on any atom is 0.152 e. The zero-order valence-corrected chi connectivity index (χ0v) is 10.7. The van der Waals surface area contributed by atoms with E-state index in [9.17, 15) is 0 Å². The predicted octanol–water partition coefficient (Wildman–Crippen LogP) is 3.10. The third kappa shape index (κ3) is 2.30. The van der Waals surface area contributed by atoms with Crippen molar-refractivity contribution < 1.29 is 4.42 Å². The van der Waals surface area contributed by atoms with Crippen LogP contribution in [0.25, 0.3) is 22.8 Å². The lowest BCUT2D eigenvalue weighted by molar-refractivity contribution is 0.547. The molecule has 4 nitrogen and oxygen atoms in total. The molecule has 0 fully saturated rings. The number of hydrogen-bond donors (Lipinski definition) is 2. The van der Waals surface area contributed by atoms with Crippen molar-refractivity contribution in [2.45, 2.75) is 13.5 Å². The van der Waals surface area contributed by atoms with Crippen molar-refractivity contribution in [2.75, 3.05) is 0 Å². The minimum absolute atomic E-state index is 0.551. The molecule has 0 unspecified atom stereocenters. The third-order valence-electron chi connectivity index (χ3n) is 3.04. The van der Waals surface area contributed by atoms with Crippen molar-refractivity contribution in [1.29, 1.82) is 0 Å². The number of benzene rings is 1. The molecule has 4 heteroatoms. The SMILES string of the molecule is Cc1ccc(-c2cnc(-c3ccc(CN)cc3)[nH]2)o1. The first-order valence-electron chi connectivity index (χ1n) is 6.17. The summed E-state index contributed by atoms with van der Waals surface area (Å²) in [6, 6.07) is 11.9. The number of furan rings is 1. The first-order valence-corrected chi connectivity index (χ1v) is 6.17. The Morgan fingerprint density at radius 1 is 1.16 bits per heavy atom. The van der Waals surface area contributed by atoms with Crippen molar-refractivity contribution >= 4 is 0 Å². The second-order valence-electron chi connectivity index (χ2n) is 4.46. The van der Waals surface area contributed by atoms with Crippen molar-refractivity contribution in [1.82, 2.24) is 9.97 Å². The van der Waals surface area contributed by atoms with Crippen LogP contribution in [-0.2, 0) is 6.54 Å². The molecule has 0 aliphatic carbocycles. The van der Waals surface area contributed by atoms with Crippen LogP contribution in [0.5, 0.6) is 0 Å². The summed E-state index contributed by atoms with van der Waals surface area (Å²) in [5.41, 5.74) is 8.61. The second kappa shape index (κ2) is 4.74.